The molecule has 0 aliphatic rings. The van der Waals surface area contributed by atoms with Crippen LogP contribution in [0.4, 0.5) is 0 Å². The molecule has 9 heteroatoms. The Labute approximate surface area is 140 Å². The molecule has 0 saturated carbocycles. The lowest BCUT2D eigenvalue weighted by Gasteiger charge is -2.06. The zero-order valence-corrected chi connectivity index (χ0v) is 13.8. The average Bonchev–Trinajstić information content (AvgIpc) is 3.26. The van der Waals surface area contributed by atoms with Crippen LogP contribution >= 0.6 is 11.3 Å². The molecule has 120 valence electrons. The van der Waals surface area contributed by atoms with Gasteiger partial charge in [0.2, 0.25) is 5.82 Å². The standard InChI is InChI=1S/C15H13N7OS/c1-8(2)9-7-24-14(16-9)12-11(13-18-20-21-19-13)15(23)22-6-4-3-5-10(22)17-12/h3-8H,1-2H3,(H,18,19,20,21). The summed E-state index contributed by atoms with van der Waals surface area (Å²) in [6, 6.07) is 5.39. The summed E-state index contributed by atoms with van der Waals surface area (Å²) in [4.78, 5) is 22.2. The Hall–Kier alpha value is -2.94. The predicted molar refractivity (Wildman–Crippen MR) is 89.8 cm³/mol. The Morgan fingerprint density at radius 2 is 2.12 bits per heavy atom. The van der Waals surface area contributed by atoms with Crippen molar-refractivity contribution in [2.75, 3.05) is 0 Å². The van der Waals surface area contributed by atoms with Crippen LogP contribution in [0.3, 0.4) is 0 Å². The molecule has 4 heterocycles. The molecule has 0 amide bonds. The van der Waals surface area contributed by atoms with E-state index < -0.39 is 0 Å². The van der Waals surface area contributed by atoms with Gasteiger partial charge in [0.05, 0.1) is 5.69 Å². The van der Waals surface area contributed by atoms with Crippen LogP contribution in [0.15, 0.2) is 34.6 Å². The zero-order chi connectivity index (χ0) is 16.7. The summed E-state index contributed by atoms with van der Waals surface area (Å²) in [7, 11) is 0. The van der Waals surface area contributed by atoms with Crippen molar-refractivity contribution >= 4 is 17.0 Å². The molecule has 1 N–H and O–H groups in total. The highest BCUT2D eigenvalue weighted by Crippen LogP contribution is 2.30. The number of fused-ring (bicyclic) bond motifs is 1. The maximum Gasteiger partial charge on any atom is 0.269 e. The van der Waals surface area contributed by atoms with Crippen molar-refractivity contribution in [2.24, 2.45) is 0 Å². The Balaban J connectivity index is 2.06. The van der Waals surface area contributed by atoms with Crippen molar-refractivity contribution in [3.8, 4) is 22.1 Å². The van der Waals surface area contributed by atoms with Crippen LogP contribution < -0.4 is 5.56 Å². The van der Waals surface area contributed by atoms with Gasteiger partial charge in [0.25, 0.3) is 5.56 Å². The minimum absolute atomic E-state index is 0.210. The number of aromatic amines is 1. The minimum atomic E-state index is -0.252. The summed E-state index contributed by atoms with van der Waals surface area (Å²) < 4.78 is 1.46. The molecule has 0 saturated heterocycles. The van der Waals surface area contributed by atoms with Crippen molar-refractivity contribution in [3.63, 3.8) is 0 Å². The van der Waals surface area contributed by atoms with Gasteiger partial charge in [0, 0.05) is 11.6 Å². The van der Waals surface area contributed by atoms with Crippen LogP contribution in [-0.2, 0) is 0 Å². The van der Waals surface area contributed by atoms with E-state index in [1.165, 1.54) is 15.7 Å². The third kappa shape index (κ3) is 2.29. The number of aromatic nitrogens is 7. The third-order valence-electron chi connectivity index (χ3n) is 3.62. The molecule has 4 aromatic heterocycles. The highest BCUT2D eigenvalue weighted by atomic mass is 32.1. The SMILES string of the molecule is CC(C)c1csc(-c2nc3ccccn3c(=O)c2-c2nn[nH]n2)n1. The van der Waals surface area contributed by atoms with Crippen LogP contribution in [0.5, 0.6) is 0 Å². The van der Waals surface area contributed by atoms with Gasteiger partial charge >= 0.3 is 0 Å². The Bertz CT molecular complexity index is 1070. The number of nitrogens with zero attached hydrogens (tertiary/aromatic N) is 6. The topological polar surface area (TPSA) is 102 Å². The summed E-state index contributed by atoms with van der Waals surface area (Å²) in [6.07, 6.45) is 1.67. The zero-order valence-electron chi connectivity index (χ0n) is 13.0. The van der Waals surface area contributed by atoms with E-state index >= 15 is 0 Å². The maximum absolute atomic E-state index is 12.9. The molecule has 0 aliphatic heterocycles. The summed E-state index contributed by atoms with van der Waals surface area (Å²) in [5.41, 5.74) is 2.02. The van der Waals surface area contributed by atoms with Gasteiger partial charge in [-0.25, -0.2) is 9.97 Å². The van der Waals surface area contributed by atoms with Crippen molar-refractivity contribution in [1.82, 2.24) is 35.0 Å². The van der Waals surface area contributed by atoms with Crippen molar-refractivity contribution in [1.29, 1.82) is 0 Å². The van der Waals surface area contributed by atoms with Gasteiger partial charge < -0.3 is 0 Å². The maximum atomic E-state index is 12.9. The number of hydrogen-bond acceptors (Lipinski definition) is 7. The van der Waals surface area contributed by atoms with Crippen molar-refractivity contribution in [3.05, 3.63) is 45.8 Å². The molecule has 4 aromatic rings. The molecule has 4 rings (SSSR count). The van der Waals surface area contributed by atoms with Crippen LogP contribution in [0.25, 0.3) is 27.7 Å². The van der Waals surface area contributed by atoms with E-state index in [0.717, 1.165) is 5.69 Å². The molecule has 0 atom stereocenters. The number of thiazole rings is 1. The molecule has 24 heavy (non-hydrogen) atoms. The lowest BCUT2D eigenvalue weighted by Crippen LogP contribution is -2.19. The molecule has 0 unspecified atom stereocenters. The number of tetrazole rings is 1. The van der Waals surface area contributed by atoms with Crippen molar-refractivity contribution < 1.29 is 0 Å². The summed E-state index contributed by atoms with van der Waals surface area (Å²) in [6.45, 7) is 4.14. The van der Waals surface area contributed by atoms with Crippen LogP contribution in [0, 0.1) is 0 Å². The van der Waals surface area contributed by atoms with Gasteiger partial charge in [-0.1, -0.05) is 19.9 Å². The van der Waals surface area contributed by atoms with Gasteiger partial charge in [-0.2, -0.15) is 5.21 Å². The monoisotopic (exact) mass is 339 g/mol. The van der Waals surface area contributed by atoms with E-state index in [0.29, 0.717) is 22.3 Å². The molecule has 0 aromatic carbocycles. The van der Waals surface area contributed by atoms with Crippen LogP contribution in [0.2, 0.25) is 0 Å². The Morgan fingerprint density at radius 3 is 2.83 bits per heavy atom. The third-order valence-corrected chi connectivity index (χ3v) is 4.49. The van der Waals surface area contributed by atoms with E-state index in [4.69, 9.17) is 0 Å². The highest BCUT2D eigenvalue weighted by Gasteiger charge is 2.22. The number of rotatable bonds is 3. The molecule has 0 spiro atoms. The number of hydrogen-bond donors (Lipinski definition) is 1. The first-order valence-electron chi connectivity index (χ1n) is 7.36. The first kappa shape index (κ1) is 14.6. The predicted octanol–water partition coefficient (Wildman–Crippen LogP) is 2.12. The number of nitrogens with one attached hydrogen (secondary N) is 1. The molecular formula is C15H13N7OS. The highest BCUT2D eigenvalue weighted by molar-refractivity contribution is 7.13. The first-order valence-corrected chi connectivity index (χ1v) is 8.24. The molecule has 8 nitrogen and oxygen atoms in total. The quantitative estimate of drug-likeness (QED) is 0.613. The molecule has 0 radical (unpaired) electrons. The molecule has 0 fully saturated rings. The second kappa shape index (κ2) is 5.60. The second-order valence-electron chi connectivity index (χ2n) is 5.54. The molecule has 0 bridgehead atoms. The Morgan fingerprint density at radius 1 is 1.25 bits per heavy atom. The minimum Gasteiger partial charge on any atom is -0.268 e. The largest absolute Gasteiger partial charge is 0.269 e. The van der Waals surface area contributed by atoms with Gasteiger partial charge in [-0.15, -0.1) is 21.5 Å². The lowest BCUT2D eigenvalue weighted by molar-refractivity contribution is 0.833. The van der Waals surface area contributed by atoms with E-state index in [1.54, 1.807) is 18.3 Å². The summed E-state index contributed by atoms with van der Waals surface area (Å²) >= 11 is 1.45. The summed E-state index contributed by atoms with van der Waals surface area (Å²) in [5, 5.41) is 16.5. The van der Waals surface area contributed by atoms with Gasteiger partial charge in [0.15, 0.2) is 0 Å². The normalized spacial score (nSPS) is 11.5. The van der Waals surface area contributed by atoms with E-state index in [-0.39, 0.29) is 16.9 Å². The number of pyridine rings is 1. The lowest BCUT2D eigenvalue weighted by atomic mass is 10.1. The van der Waals surface area contributed by atoms with Crippen LogP contribution in [-0.4, -0.2) is 35.0 Å². The van der Waals surface area contributed by atoms with Gasteiger partial charge in [-0.05, 0) is 23.3 Å². The molecule has 0 aliphatic carbocycles. The fraction of sp³-hybridized carbons (Fsp3) is 0.200. The van der Waals surface area contributed by atoms with Crippen LogP contribution in [0.1, 0.15) is 25.5 Å². The average molecular weight is 339 g/mol. The van der Waals surface area contributed by atoms with Crippen molar-refractivity contribution in [2.45, 2.75) is 19.8 Å². The smallest absolute Gasteiger partial charge is 0.268 e. The van der Waals surface area contributed by atoms with Gasteiger partial charge in [-0.3, -0.25) is 9.20 Å². The second-order valence-corrected chi connectivity index (χ2v) is 6.40. The van der Waals surface area contributed by atoms with E-state index in [9.17, 15) is 4.79 Å². The first-order chi connectivity index (χ1) is 11.6. The van der Waals surface area contributed by atoms with E-state index in [2.05, 4.69) is 44.4 Å². The molecular weight excluding hydrogens is 326 g/mol. The number of H-pyrrole nitrogens is 1. The van der Waals surface area contributed by atoms with E-state index in [1.807, 2.05) is 11.4 Å². The van der Waals surface area contributed by atoms with Gasteiger partial charge in [0.1, 0.15) is 21.9 Å². The Kier molecular flexibility index (Phi) is 3.42. The fourth-order valence-electron chi connectivity index (χ4n) is 2.37. The summed E-state index contributed by atoms with van der Waals surface area (Å²) in [5.74, 6) is 0.507. The fourth-order valence-corrected chi connectivity index (χ4v) is 3.35.